The van der Waals surface area contributed by atoms with Crippen LogP contribution in [0, 0.1) is 0 Å². The molecule has 0 aliphatic rings. The van der Waals surface area contributed by atoms with Gasteiger partial charge in [0, 0.05) is 6.54 Å². The molecule has 0 radical (unpaired) electrons. The molecule has 0 amide bonds. The fourth-order valence-corrected chi connectivity index (χ4v) is 2.29. The Morgan fingerprint density at radius 1 is 1.38 bits per heavy atom. The van der Waals surface area contributed by atoms with E-state index >= 15 is 0 Å². The molecule has 6 heteroatoms. The van der Waals surface area contributed by atoms with E-state index in [2.05, 4.69) is 32.9 Å². The number of halogens is 1. The molecular formula is C15H16BrN3O2. The molecule has 0 unspecified atom stereocenters. The molecule has 0 aliphatic carbocycles. The first-order valence-corrected chi connectivity index (χ1v) is 7.29. The minimum Gasteiger partial charge on any atom is -0.508 e. The van der Waals surface area contributed by atoms with Gasteiger partial charge in [-0.3, -0.25) is 4.79 Å². The predicted octanol–water partition coefficient (Wildman–Crippen LogP) is 2.55. The largest absolute Gasteiger partial charge is 0.508 e. The zero-order valence-electron chi connectivity index (χ0n) is 11.4. The summed E-state index contributed by atoms with van der Waals surface area (Å²) >= 11 is 3.29. The summed E-state index contributed by atoms with van der Waals surface area (Å²) in [5, 5.41) is 16.5. The molecule has 1 aromatic heterocycles. The molecule has 1 aromatic carbocycles. The maximum absolute atomic E-state index is 12.0. The first kappa shape index (κ1) is 15.3. The number of hydrogen-bond donors (Lipinski definition) is 2. The Kier molecular flexibility index (Phi) is 5.16. The number of benzene rings is 1. The highest BCUT2D eigenvalue weighted by Gasteiger charge is 2.07. The normalized spacial score (nSPS) is 10.3. The summed E-state index contributed by atoms with van der Waals surface area (Å²) in [6.07, 6.45) is 4.02. The number of nitrogens with zero attached hydrogens (tertiary/aromatic N) is 2. The van der Waals surface area contributed by atoms with Crippen LogP contribution in [0.15, 0.2) is 52.4 Å². The van der Waals surface area contributed by atoms with Crippen LogP contribution in [0.3, 0.4) is 0 Å². The SMILES string of the molecule is C=CCn1ncc(NCCc2ccc(O)cc2)c(Br)c1=O. The molecule has 1 heterocycles. The van der Waals surface area contributed by atoms with Gasteiger partial charge in [0.1, 0.15) is 10.2 Å². The molecule has 2 rings (SSSR count). The predicted molar refractivity (Wildman–Crippen MR) is 86.7 cm³/mol. The lowest BCUT2D eigenvalue weighted by molar-refractivity contribution is 0.475. The molecule has 0 spiro atoms. The first-order valence-electron chi connectivity index (χ1n) is 6.50. The van der Waals surface area contributed by atoms with E-state index in [0.717, 1.165) is 12.0 Å². The van der Waals surface area contributed by atoms with Gasteiger partial charge in [-0.2, -0.15) is 5.10 Å². The number of phenolic OH excluding ortho intramolecular Hbond substituents is 1. The van der Waals surface area contributed by atoms with Crippen LogP contribution in [-0.2, 0) is 13.0 Å². The number of rotatable bonds is 6. The second kappa shape index (κ2) is 7.08. The van der Waals surface area contributed by atoms with Crippen molar-refractivity contribution in [3.8, 4) is 5.75 Å². The highest BCUT2D eigenvalue weighted by molar-refractivity contribution is 9.10. The molecule has 0 saturated carbocycles. The van der Waals surface area contributed by atoms with Crippen molar-refractivity contribution in [2.45, 2.75) is 13.0 Å². The molecule has 0 saturated heterocycles. The Morgan fingerprint density at radius 2 is 2.10 bits per heavy atom. The lowest BCUT2D eigenvalue weighted by atomic mass is 10.1. The van der Waals surface area contributed by atoms with E-state index in [1.165, 1.54) is 4.68 Å². The van der Waals surface area contributed by atoms with E-state index < -0.39 is 0 Å². The third-order valence-electron chi connectivity index (χ3n) is 2.95. The van der Waals surface area contributed by atoms with E-state index in [9.17, 15) is 9.90 Å². The van der Waals surface area contributed by atoms with Gasteiger partial charge in [0.15, 0.2) is 0 Å². The third-order valence-corrected chi connectivity index (χ3v) is 3.72. The fourth-order valence-electron chi connectivity index (χ4n) is 1.84. The molecule has 0 atom stereocenters. The maximum atomic E-state index is 12.0. The van der Waals surface area contributed by atoms with Crippen molar-refractivity contribution in [1.82, 2.24) is 9.78 Å². The van der Waals surface area contributed by atoms with Gasteiger partial charge in [0.05, 0.1) is 18.4 Å². The zero-order valence-corrected chi connectivity index (χ0v) is 13.0. The van der Waals surface area contributed by atoms with Crippen LogP contribution in [0.5, 0.6) is 5.75 Å². The van der Waals surface area contributed by atoms with Crippen LogP contribution < -0.4 is 10.9 Å². The molecule has 0 aliphatic heterocycles. The summed E-state index contributed by atoms with van der Waals surface area (Å²) < 4.78 is 1.80. The Morgan fingerprint density at radius 3 is 2.76 bits per heavy atom. The first-order chi connectivity index (χ1) is 10.1. The van der Waals surface area contributed by atoms with Crippen molar-refractivity contribution in [1.29, 1.82) is 0 Å². The van der Waals surface area contributed by atoms with Crippen LogP contribution in [0.2, 0.25) is 0 Å². The quantitative estimate of drug-likeness (QED) is 0.786. The van der Waals surface area contributed by atoms with Crippen LogP contribution >= 0.6 is 15.9 Å². The molecule has 5 nitrogen and oxygen atoms in total. The minimum absolute atomic E-state index is 0.190. The zero-order chi connectivity index (χ0) is 15.2. The fraction of sp³-hybridized carbons (Fsp3) is 0.200. The number of phenols is 1. The Balaban J connectivity index is 2.00. The topological polar surface area (TPSA) is 67.2 Å². The van der Waals surface area contributed by atoms with Crippen LogP contribution in [0.25, 0.3) is 0 Å². The van der Waals surface area contributed by atoms with Crippen LogP contribution in [-0.4, -0.2) is 21.4 Å². The Labute approximate surface area is 131 Å². The van der Waals surface area contributed by atoms with Crippen molar-refractivity contribution >= 4 is 21.6 Å². The van der Waals surface area contributed by atoms with E-state index in [1.807, 2.05) is 12.1 Å². The van der Waals surface area contributed by atoms with Crippen molar-refractivity contribution < 1.29 is 5.11 Å². The second-order valence-corrected chi connectivity index (χ2v) is 5.28. The standard InChI is InChI=1S/C15H16BrN3O2/c1-2-9-19-15(21)14(16)13(10-18-19)17-8-7-11-3-5-12(20)6-4-11/h2-6,10,17,20H,1,7-9H2. The minimum atomic E-state index is -0.190. The van der Waals surface area contributed by atoms with Gasteiger partial charge in [-0.1, -0.05) is 18.2 Å². The number of anilines is 1. The summed E-state index contributed by atoms with van der Waals surface area (Å²) in [7, 11) is 0. The number of nitrogens with one attached hydrogen (secondary N) is 1. The highest BCUT2D eigenvalue weighted by atomic mass is 79.9. The van der Waals surface area contributed by atoms with Gasteiger partial charge in [-0.05, 0) is 40.0 Å². The third kappa shape index (κ3) is 3.95. The smallest absolute Gasteiger partial charge is 0.283 e. The van der Waals surface area contributed by atoms with Gasteiger partial charge in [0.2, 0.25) is 0 Å². The van der Waals surface area contributed by atoms with Crippen LogP contribution in [0.1, 0.15) is 5.56 Å². The highest BCUT2D eigenvalue weighted by Crippen LogP contribution is 2.16. The summed E-state index contributed by atoms with van der Waals surface area (Å²) in [5.41, 5.74) is 1.58. The van der Waals surface area contributed by atoms with E-state index in [4.69, 9.17) is 0 Å². The molecule has 0 bridgehead atoms. The van der Waals surface area contributed by atoms with Gasteiger partial charge < -0.3 is 10.4 Å². The van der Waals surface area contributed by atoms with Crippen molar-refractivity contribution in [2.24, 2.45) is 0 Å². The van der Waals surface area contributed by atoms with Crippen molar-refractivity contribution in [3.05, 3.63) is 63.5 Å². The molecule has 21 heavy (non-hydrogen) atoms. The molecular weight excluding hydrogens is 334 g/mol. The van der Waals surface area contributed by atoms with Crippen molar-refractivity contribution in [2.75, 3.05) is 11.9 Å². The second-order valence-electron chi connectivity index (χ2n) is 4.49. The van der Waals surface area contributed by atoms with Gasteiger partial charge >= 0.3 is 0 Å². The Hall–Kier alpha value is -2.08. The van der Waals surface area contributed by atoms with Crippen LogP contribution in [0.4, 0.5) is 5.69 Å². The van der Waals surface area contributed by atoms with Gasteiger partial charge in [-0.25, -0.2) is 4.68 Å². The number of aromatic hydroxyl groups is 1. The molecule has 0 fully saturated rings. The van der Waals surface area contributed by atoms with E-state index in [-0.39, 0.29) is 11.3 Å². The monoisotopic (exact) mass is 349 g/mol. The van der Waals surface area contributed by atoms with E-state index in [0.29, 0.717) is 23.2 Å². The molecule has 2 aromatic rings. The van der Waals surface area contributed by atoms with Gasteiger partial charge in [0.25, 0.3) is 5.56 Å². The maximum Gasteiger partial charge on any atom is 0.283 e. The summed E-state index contributed by atoms with van der Waals surface area (Å²) in [4.78, 5) is 12.0. The van der Waals surface area contributed by atoms with E-state index in [1.54, 1.807) is 24.4 Å². The average molecular weight is 350 g/mol. The summed E-state index contributed by atoms with van der Waals surface area (Å²) in [6, 6.07) is 7.05. The number of hydrogen-bond acceptors (Lipinski definition) is 4. The van der Waals surface area contributed by atoms with Gasteiger partial charge in [-0.15, -0.1) is 6.58 Å². The average Bonchev–Trinajstić information content (AvgIpc) is 2.48. The Bertz CT molecular complexity index is 680. The lowest BCUT2D eigenvalue weighted by Gasteiger charge is -2.09. The number of aromatic nitrogens is 2. The lowest BCUT2D eigenvalue weighted by Crippen LogP contribution is -2.24. The molecule has 110 valence electrons. The molecule has 2 N–H and O–H groups in total. The van der Waals surface area contributed by atoms with Crippen molar-refractivity contribution in [3.63, 3.8) is 0 Å². The summed E-state index contributed by atoms with van der Waals surface area (Å²) in [5.74, 6) is 0.254. The summed E-state index contributed by atoms with van der Waals surface area (Å²) in [6.45, 7) is 4.63. The number of allylic oxidation sites excluding steroid dienone is 1.